The number of nitrogens with one attached hydrogen (secondary N) is 1. The Balaban J connectivity index is 2.20. The molecule has 1 saturated heterocycles. The maximum absolute atomic E-state index is 12.6. The van der Waals surface area contributed by atoms with Crippen LogP contribution in [-0.2, 0) is 0 Å². The average molecular weight is 274 g/mol. The van der Waals surface area contributed by atoms with Gasteiger partial charge in [-0.2, -0.15) is 0 Å². The molecule has 5 heteroatoms. The zero-order chi connectivity index (χ0) is 14.7. The third kappa shape index (κ3) is 2.92. The lowest BCUT2D eigenvalue weighted by atomic mass is 10.0. The molecule has 20 heavy (non-hydrogen) atoms. The number of hydrogen-bond donors (Lipinski definition) is 2. The third-order valence-electron chi connectivity index (χ3n) is 3.77. The monoisotopic (exact) mass is 274 g/mol. The van der Waals surface area contributed by atoms with E-state index in [2.05, 4.69) is 6.92 Å². The lowest BCUT2D eigenvalue weighted by molar-refractivity contribution is 0.177. The van der Waals surface area contributed by atoms with Gasteiger partial charge in [0.15, 0.2) is 0 Å². The van der Waals surface area contributed by atoms with Crippen LogP contribution in [0.25, 0.3) is 0 Å². The number of amides is 2. The summed E-state index contributed by atoms with van der Waals surface area (Å²) in [7, 11) is 1.74. The lowest BCUT2D eigenvalue weighted by Gasteiger charge is -2.34. The van der Waals surface area contributed by atoms with Crippen LogP contribution in [-0.4, -0.2) is 36.9 Å². The summed E-state index contributed by atoms with van der Waals surface area (Å²) in [5, 5.41) is 7.61. The lowest BCUT2D eigenvalue weighted by Crippen LogP contribution is -2.46. The number of nitrogen functional groups attached to an aromatic ring is 1. The number of urea groups is 1. The molecule has 1 aromatic carbocycles. The number of para-hydroxylation sites is 1. The molecule has 2 rings (SSSR count). The number of nitrogens with zero attached hydrogens (tertiary/aromatic N) is 2. The number of rotatable bonds is 2. The number of benzene rings is 1. The average Bonchev–Trinajstić information content (AvgIpc) is 2.45. The van der Waals surface area contributed by atoms with Gasteiger partial charge in [0.05, 0.1) is 5.69 Å². The van der Waals surface area contributed by atoms with E-state index in [-0.39, 0.29) is 11.9 Å². The van der Waals surface area contributed by atoms with Gasteiger partial charge in [-0.1, -0.05) is 19.1 Å². The molecule has 108 valence electrons. The quantitative estimate of drug-likeness (QED) is 0.641. The molecule has 1 aliphatic rings. The van der Waals surface area contributed by atoms with Crippen molar-refractivity contribution in [3.05, 3.63) is 29.8 Å². The fourth-order valence-electron chi connectivity index (χ4n) is 2.67. The summed E-state index contributed by atoms with van der Waals surface area (Å²) in [5.41, 5.74) is 6.86. The molecule has 0 radical (unpaired) electrons. The van der Waals surface area contributed by atoms with Crippen LogP contribution in [0.5, 0.6) is 0 Å². The number of likely N-dealkylation sites (tertiary alicyclic amines) is 1. The van der Waals surface area contributed by atoms with Crippen molar-refractivity contribution in [1.29, 1.82) is 5.41 Å². The predicted molar refractivity (Wildman–Crippen MR) is 81.2 cm³/mol. The maximum Gasteiger partial charge on any atom is 0.324 e. The Hall–Kier alpha value is -2.04. The van der Waals surface area contributed by atoms with Gasteiger partial charge in [-0.25, -0.2) is 4.79 Å². The van der Waals surface area contributed by atoms with Crippen molar-refractivity contribution in [2.75, 3.05) is 25.0 Å². The van der Waals surface area contributed by atoms with E-state index in [0.717, 1.165) is 19.5 Å². The summed E-state index contributed by atoms with van der Waals surface area (Å²) in [6, 6.07) is 7.24. The minimum absolute atomic E-state index is 0.0211. The first-order chi connectivity index (χ1) is 9.50. The van der Waals surface area contributed by atoms with E-state index < -0.39 is 0 Å². The highest BCUT2D eigenvalue weighted by molar-refractivity contribution is 6.04. The molecule has 1 heterocycles. The predicted octanol–water partition coefficient (Wildman–Crippen LogP) is 2.26. The van der Waals surface area contributed by atoms with Gasteiger partial charge in [0.2, 0.25) is 0 Å². The SMILES string of the molecule is CC1CCCN(C(=O)N(C)c2ccccc2C(=N)N)C1. The van der Waals surface area contributed by atoms with Gasteiger partial charge >= 0.3 is 6.03 Å². The number of piperidine rings is 1. The summed E-state index contributed by atoms with van der Waals surface area (Å²) in [6.07, 6.45) is 2.23. The van der Waals surface area contributed by atoms with Crippen LogP contribution in [0.1, 0.15) is 25.3 Å². The zero-order valence-electron chi connectivity index (χ0n) is 12.1. The van der Waals surface area contributed by atoms with E-state index in [1.807, 2.05) is 23.1 Å². The highest BCUT2D eigenvalue weighted by Crippen LogP contribution is 2.22. The highest BCUT2D eigenvalue weighted by Gasteiger charge is 2.25. The first kappa shape index (κ1) is 14.4. The fraction of sp³-hybridized carbons (Fsp3) is 0.467. The van der Waals surface area contributed by atoms with Crippen LogP contribution in [0.3, 0.4) is 0 Å². The summed E-state index contributed by atoms with van der Waals surface area (Å²) in [4.78, 5) is 16.0. The molecule has 0 spiro atoms. The molecule has 1 atom stereocenters. The van der Waals surface area contributed by atoms with Gasteiger partial charge in [-0.15, -0.1) is 0 Å². The van der Waals surface area contributed by atoms with E-state index in [9.17, 15) is 4.79 Å². The Morgan fingerprint density at radius 3 is 2.80 bits per heavy atom. The van der Waals surface area contributed by atoms with E-state index in [0.29, 0.717) is 17.2 Å². The Morgan fingerprint density at radius 1 is 1.45 bits per heavy atom. The van der Waals surface area contributed by atoms with Crippen molar-refractivity contribution in [3.8, 4) is 0 Å². The first-order valence-electron chi connectivity index (χ1n) is 6.96. The van der Waals surface area contributed by atoms with Gasteiger partial charge in [-0.3, -0.25) is 10.3 Å². The Morgan fingerprint density at radius 2 is 2.15 bits per heavy atom. The standard InChI is InChI=1S/C15H22N4O/c1-11-6-5-9-19(10-11)15(20)18(2)13-8-4-3-7-12(13)14(16)17/h3-4,7-8,11H,5-6,9-10H2,1-2H3,(H3,16,17). The van der Waals surface area contributed by atoms with Crippen LogP contribution in [0.4, 0.5) is 10.5 Å². The Kier molecular flexibility index (Phi) is 4.27. The van der Waals surface area contributed by atoms with E-state index in [1.165, 1.54) is 6.42 Å². The van der Waals surface area contributed by atoms with Gasteiger partial charge in [0, 0.05) is 25.7 Å². The number of anilines is 1. The largest absolute Gasteiger partial charge is 0.384 e. The third-order valence-corrected chi connectivity index (χ3v) is 3.77. The Bertz CT molecular complexity index is 514. The second kappa shape index (κ2) is 5.94. The molecule has 0 saturated carbocycles. The van der Waals surface area contributed by atoms with Crippen LogP contribution < -0.4 is 10.6 Å². The zero-order valence-corrected chi connectivity index (χ0v) is 12.1. The number of amidine groups is 1. The number of nitrogens with two attached hydrogens (primary N) is 1. The smallest absolute Gasteiger partial charge is 0.324 e. The fourth-order valence-corrected chi connectivity index (χ4v) is 2.67. The molecule has 5 nitrogen and oxygen atoms in total. The minimum atomic E-state index is -0.0229. The Labute approximate surface area is 119 Å². The first-order valence-corrected chi connectivity index (χ1v) is 6.96. The van der Waals surface area contributed by atoms with Crippen LogP contribution in [0, 0.1) is 11.3 Å². The van der Waals surface area contributed by atoms with E-state index in [4.69, 9.17) is 11.1 Å². The molecule has 1 aromatic rings. The summed E-state index contributed by atoms with van der Waals surface area (Å²) < 4.78 is 0. The number of carbonyl (C=O) groups excluding carboxylic acids is 1. The van der Waals surface area contributed by atoms with E-state index >= 15 is 0 Å². The van der Waals surface area contributed by atoms with Crippen molar-refractivity contribution >= 4 is 17.6 Å². The van der Waals surface area contributed by atoms with Crippen molar-refractivity contribution in [2.24, 2.45) is 11.7 Å². The normalized spacial score (nSPS) is 18.7. The minimum Gasteiger partial charge on any atom is -0.384 e. The second-order valence-electron chi connectivity index (χ2n) is 5.47. The van der Waals surface area contributed by atoms with Crippen molar-refractivity contribution in [3.63, 3.8) is 0 Å². The summed E-state index contributed by atoms with van der Waals surface area (Å²) in [6.45, 7) is 3.77. The molecule has 0 bridgehead atoms. The molecular weight excluding hydrogens is 252 g/mol. The van der Waals surface area contributed by atoms with Gasteiger partial charge < -0.3 is 10.6 Å². The van der Waals surface area contributed by atoms with Crippen molar-refractivity contribution in [1.82, 2.24) is 4.90 Å². The summed E-state index contributed by atoms with van der Waals surface area (Å²) in [5.74, 6) is 0.524. The molecule has 3 N–H and O–H groups in total. The second-order valence-corrected chi connectivity index (χ2v) is 5.47. The van der Waals surface area contributed by atoms with Crippen LogP contribution >= 0.6 is 0 Å². The van der Waals surface area contributed by atoms with Crippen molar-refractivity contribution in [2.45, 2.75) is 19.8 Å². The molecule has 1 unspecified atom stereocenters. The molecule has 0 aromatic heterocycles. The number of hydrogen-bond acceptors (Lipinski definition) is 2. The molecule has 1 aliphatic heterocycles. The summed E-state index contributed by atoms with van der Waals surface area (Å²) >= 11 is 0. The molecular formula is C15H22N4O. The highest BCUT2D eigenvalue weighted by atomic mass is 16.2. The van der Waals surface area contributed by atoms with Gasteiger partial charge in [0.1, 0.15) is 5.84 Å². The molecule has 1 fully saturated rings. The van der Waals surface area contributed by atoms with Crippen LogP contribution in [0.15, 0.2) is 24.3 Å². The van der Waals surface area contributed by atoms with Crippen LogP contribution in [0.2, 0.25) is 0 Å². The molecule has 0 aliphatic carbocycles. The topological polar surface area (TPSA) is 73.4 Å². The van der Waals surface area contributed by atoms with E-state index in [1.54, 1.807) is 18.0 Å². The number of carbonyl (C=O) groups is 1. The van der Waals surface area contributed by atoms with Gasteiger partial charge in [0.25, 0.3) is 0 Å². The van der Waals surface area contributed by atoms with Crippen molar-refractivity contribution < 1.29 is 4.79 Å². The van der Waals surface area contributed by atoms with Gasteiger partial charge in [-0.05, 0) is 30.9 Å². The maximum atomic E-state index is 12.6. The molecule has 2 amide bonds.